The number of halogens is 2. The lowest BCUT2D eigenvalue weighted by Crippen LogP contribution is -2.39. The molecule has 3 aromatic rings. The zero-order valence-corrected chi connectivity index (χ0v) is 18.2. The van der Waals surface area contributed by atoms with Crippen LogP contribution in [0, 0.1) is 15.9 Å². The van der Waals surface area contributed by atoms with E-state index in [-0.39, 0.29) is 35.7 Å². The zero-order chi connectivity index (χ0) is 21.0. The molecular weight excluding hydrogens is 431 g/mol. The molecule has 0 N–H and O–H groups in total. The van der Waals surface area contributed by atoms with E-state index >= 15 is 0 Å². The number of nitro groups is 1. The number of carbonyl (C=O) groups is 1. The Hall–Kier alpha value is -2.62. The third-order valence-electron chi connectivity index (χ3n) is 4.70. The summed E-state index contributed by atoms with van der Waals surface area (Å²) in [4.78, 5) is 32.0. The molecule has 10 heteroatoms. The van der Waals surface area contributed by atoms with Crippen LogP contribution in [-0.4, -0.2) is 46.9 Å². The number of likely N-dealkylation sites (N-methyl/N-ethyl adjacent to an activating group) is 1. The highest BCUT2D eigenvalue weighted by atomic mass is 35.5. The summed E-state index contributed by atoms with van der Waals surface area (Å²) in [6.45, 7) is 6.50. The van der Waals surface area contributed by atoms with Crippen molar-refractivity contribution in [3.8, 4) is 0 Å². The molecule has 0 unspecified atom stereocenters. The molecule has 0 saturated carbocycles. The Morgan fingerprint density at radius 3 is 2.47 bits per heavy atom. The van der Waals surface area contributed by atoms with Crippen LogP contribution in [0.5, 0.6) is 0 Å². The molecule has 30 heavy (non-hydrogen) atoms. The summed E-state index contributed by atoms with van der Waals surface area (Å²) in [7, 11) is 0. The van der Waals surface area contributed by atoms with Crippen LogP contribution in [-0.2, 0) is 0 Å². The van der Waals surface area contributed by atoms with E-state index in [1.165, 1.54) is 40.5 Å². The van der Waals surface area contributed by atoms with Crippen LogP contribution in [0.25, 0.3) is 10.2 Å². The summed E-state index contributed by atoms with van der Waals surface area (Å²) in [5.74, 6) is -0.990. The van der Waals surface area contributed by atoms with Crippen molar-refractivity contribution in [2.24, 2.45) is 0 Å². The van der Waals surface area contributed by atoms with E-state index in [0.717, 1.165) is 13.1 Å². The standard InChI is InChI=1S/C20H21FN4O3S.ClH/c1-3-23(4-2)12-13-24(19(26)14-8-5-6-10-16(14)25(27)28)20-22-18-15(21)9-7-11-17(18)29-20;/h5-11H,3-4,12-13H2,1-2H3;1H. The predicted molar refractivity (Wildman–Crippen MR) is 119 cm³/mol. The summed E-state index contributed by atoms with van der Waals surface area (Å²) in [5, 5.41) is 11.7. The number of thiazole rings is 1. The molecule has 2 aromatic carbocycles. The Bertz CT molecular complexity index is 1040. The van der Waals surface area contributed by atoms with Crippen LogP contribution < -0.4 is 4.90 Å². The number of hydrogen-bond donors (Lipinski definition) is 0. The number of aromatic nitrogens is 1. The quantitative estimate of drug-likeness (QED) is 0.364. The second kappa shape index (κ2) is 10.4. The predicted octanol–water partition coefficient (Wildman–Crippen LogP) is 4.75. The van der Waals surface area contributed by atoms with Gasteiger partial charge in [0.25, 0.3) is 11.6 Å². The van der Waals surface area contributed by atoms with Gasteiger partial charge in [-0.25, -0.2) is 9.37 Å². The van der Waals surface area contributed by atoms with Crippen molar-refractivity contribution >= 4 is 50.7 Å². The van der Waals surface area contributed by atoms with Gasteiger partial charge < -0.3 is 4.90 Å². The SMILES string of the molecule is CCN(CC)CCN(C(=O)c1ccccc1[N+](=O)[O-])c1nc2c(F)cccc2s1.Cl. The molecule has 1 amide bonds. The van der Waals surface area contributed by atoms with E-state index in [0.29, 0.717) is 16.4 Å². The van der Waals surface area contributed by atoms with Gasteiger partial charge in [0.05, 0.1) is 9.62 Å². The smallest absolute Gasteiger partial charge is 0.282 e. The van der Waals surface area contributed by atoms with Crippen LogP contribution in [0.15, 0.2) is 42.5 Å². The van der Waals surface area contributed by atoms with Crippen LogP contribution >= 0.6 is 23.7 Å². The first-order valence-corrected chi connectivity index (χ1v) is 10.1. The van der Waals surface area contributed by atoms with E-state index in [4.69, 9.17) is 0 Å². The van der Waals surface area contributed by atoms with Gasteiger partial charge in [0.1, 0.15) is 16.9 Å². The van der Waals surface area contributed by atoms with Crippen LogP contribution in [0.3, 0.4) is 0 Å². The van der Waals surface area contributed by atoms with Gasteiger partial charge in [-0.05, 0) is 31.3 Å². The lowest BCUT2D eigenvalue weighted by Gasteiger charge is -2.24. The third-order valence-corrected chi connectivity index (χ3v) is 5.74. The largest absolute Gasteiger partial charge is 0.302 e. The van der Waals surface area contributed by atoms with E-state index in [9.17, 15) is 19.3 Å². The van der Waals surface area contributed by atoms with E-state index < -0.39 is 16.6 Å². The summed E-state index contributed by atoms with van der Waals surface area (Å²) in [5.41, 5.74) is -0.0925. The van der Waals surface area contributed by atoms with Crippen molar-refractivity contribution in [1.29, 1.82) is 0 Å². The Kier molecular flexibility index (Phi) is 8.22. The molecule has 160 valence electrons. The van der Waals surface area contributed by atoms with Gasteiger partial charge in [0.2, 0.25) is 0 Å². The number of benzene rings is 2. The lowest BCUT2D eigenvalue weighted by atomic mass is 10.1. The van der Waals surface area contributed by atoms with Crippen molar-refractivity contribution in [1.82, 2.24) is 9.88 Å². The van der Waals surface area contributed by atoms with Gasteiger partial charge in [-0.2, -0.15) is 0 Å². The summed E-state index contributed by atoms with van der Waals surface area (Å²) in [6, 6.07) is 10.5. The Morgan fingerprint density at radius 2 is 1.83 bits per heavy atom. The van der Waals surface area contributed by atoms with Gasteiger partial charge >= 0.3 is 0 Å². The second-order valence-corrected chi connectivity index (χ2v) is 7.35. The highest BCUT2D eigenvalue weighted by Crippen LogP contribution is 2.32. The monoisotopic (exact) mass is 452 g/mol. The van der Waals surface area contributed by atoms with Crippen LogP contribution in [0.4, 0.5) is 15.2 Å². The van der Waals surface area contributed by atoms with Crippen LogP contribution in [0.2, 0.25) is 0 Å². The van der Waals surface area contributed by atoms with Gasteiger partial charge in [-0.1, -0.05) is 43.4 Å². The number of nitrogens with zero attached hydrogens (tertiary/aromatic N) is 4. The van der Waals surface area contributed by atoms with Gasteiger partial charge in [-0.15, -0.1) is 12.4 Å². The molecule has 0 atom stereocenters. The average molecular weight is 453 g/mol. The van der Waals surface area contributed by atoms with Crippen molar-refractivity contribution in [2.75, 3.05) is 31.1 Å². The van der Waals surface area contributed by atoms with Crippen molar-refractivity contribution in [3.63, 3.8) is 0 Å². The molecule has 0 aliphatic rings. The second-order valence-electron chi connectivity index (χ2n) is 6.34. The van der Waals surface area contributed by atoms with Gasteiger partial charge in [-0.3, -0.25) is 19.8 Å². The molecule has 0 fully saturated rings. The minimum Gasteiger partial charge on any atom is -0.302 e. The van der Waals surface area contributed by atoms with Crippen LogP contribution in [0.1, 0.15) is 24.2 Å². The highest BCUT2D eigenvalue weighted by Gasteiger charge is 2.27. The van der Waals surface area contributed by atoms with Crippen molar-refractivity contribution < 1.29 is 14.1 Å². The molecule has 7 nitrogen and oxygen atoms in total. The molecule has 0 spiro atoms. The molecule has 0 bridgehead atoms. The number of para-hydroxylation sites is 2. The average Bonchev–Trinajstić information content (AvgIpc) is 3.16. The highest BCUT2D eigenvalue weighted by molar-refractivity contribution is 7.22. The molecule has 1 aromatic heterocycles. The maximum atomic E-state index is 14.1. The Labute approximate surface area is 183 Å². The first kappa shape index (κ1) is 23.7. The van der Waals surface area contributed by atoms with Crippen molar-refractivity contribution in [3.05, 3.63) is 64.0 Å². The fourth-order valence-electron chi connectivity index (χ4n) is 3.04. The fraction of sp³-hybridized carbons (Fsp3) is 0.300. The Morgan fingerprint density at radius 1 is 1.13 bits per heavy atom. The topological polar surface area (TPSA) is 79.6 Å². The molecule has 0 saturated heterocycles. The minimum atomic E-state index is -0.576. The number of rotatable bonds is 8. The lowest BCUT2D eigenvalue weighted by molar-refractivity contribution is -0.385. The molecule has 3 rings (SSSR count). The molecule has 0 radical (unpaired) electrons. The molecular formula is C20H22ClFN4O3S. The van der Waals surface area contributed by atoms with E-state index in [1.54, 1.807) is 18.2 Å². The number of hydrogen-bond acceptors (Lipinski definition) is 6. The van der Waals surface area contributed by atoms with Crippen molar-refractivity contribution in [2.45, 2.75) is 13.8 Å². The number of fused-ring (bicyclic) bond motifs is 1. The third kappa shape index (κ3) is 4.92. The summed E-state index contributed by atoms with van der Waals surface area (Å²) in [6.07, 6.45) is 0. The maximum absolute atomic E-state index is 14.1. The minimum absolute atomic E-state index is 0. The maximum Gasteiger partial charge on any atom is 0.282 e. The van der Waals surface area contributed by atoms with Gasteiger partial charge in [0.15, 0.2) is 5.13 Å². The molecule has 1 heterocycles. The fourth-order valence-corrected chi connectivity index (χ4v) is 4.05. The summed E-state index contributed by atoms with van der Waals surface area (Å²) < 4.78 is 14.7. The molecule has 0 aliphatic carbocycles. The van der Waals surface area contributed by atoms with E-state index in [2.05, 4.69) is 9.88 Å². The number of anilines is 1. The Balaban J connectivity index is 0.00000320. The zero-order valence-electron chi connectivity index (χ0n) is 16.6. The first-order chi connectivity index (χ1) is 14.0. The number of carbonyl (C=O) groups excluding carboxylic acids is 1. The normalized spacial score (nSPS) is 10.8. The van der Waals surface area contributed by atoms with Gasteiger partial charge in [0, 0.05) is 19.2 Å². The number of nitro benzene ring substituents is 1. The molecule has 0 aliphatic heterocycles. The number of amides is 1. The first-order valence-electron chi connectivity index (χ1n) is 9.29. The summed E-state index contributed by atoms with van der Waals surface area (Å²) >= 11 is 1.19. The van der Waals surface area contributed by atoms with E-state index in [1.807, 2.05) is 13.8 Å².